The molecule has 25 heavy (non-hydrogen) atoms. The molecule has 2 aliphatic rings. The summed E-state index contributed by atoms with van der Waals surface area (Å²) in [6, 6.07) is 0.199. The van der Waals surface area contributed by atoms with Gasteiger partial charge in [-0.2, -0.15) is 0 Å². The fourth-order valence-electron chi connectivity index (χ4n) is 3.66. The average molecular weight is 342 g/mol. The number of nitrogens with zero attached hydrogens (tertiary/aromatic N) is 5. The summed E-state index contributed by atoms with van der Waals surface area (Å²) in [5.74, 6) is 1.60. The first-order valence-electron chi connectivity index (χ1n) is 8.66. The van der Waals surface area contributed by atoms with E-state index in [1.165, 1.54) is 4.90 Å². The van der Waals surface area contributed by atoms with Crippen molar-refractivity contribution in [2.75, 3.05) is 18.4 Å². The number of likely N-dealkylation sites (tertiary alicyclic amines) is 1. The van der Waals surface area contributed by atoms with Gasteiger partial charge in [-0.15, -0.1) is 0 Å². The van der Waals surface area contributed by atoms with Crippen LogP contribution in [0, 0.1) is 6.92 Å². The quantitative estimate of drug-likeness (QED) is 0.864. The molecule has 8 nitrogen and oxygen atoms in total. The standard InChI is InChI=1S/C17H22N6O2/c1-10-19-13-4-3-11-9-18-16(21-14(11)15(13)22(10)2)20-12-5-7-23(8-6-12)17(24)25/h9,12H,3-8H2,1-2H3,(H,24,25)(H,18,20,21). The maximum absolute atomic E-state index is 11.0. The Balaban J connectivity index is 1.55. The van der Waals surface area contributed by atoms with Crippen LogP contribution in [0.2, 0.25) is 0 Å². The van der Waals surface area contributed by atoms with Gasteiger partial charge >= 0.3 is 6.09 Å². The number of anilines is 1. The Morgan fingerprint density at radius 3 is 2.76 bits per heavy atom. The van der Waals surface area contributed by atoms with Gasteiger partial charge in [0.25, 0.3) is 0 Å². The number of aryl methyl sites for hydroxylation is 3. The summed E-state index contributed by atoms with van der Waals surface area (Å²) in [7, 11) is 2.02. The van der Waals surface area contributed by atoms with E-state index >= 15 is 0 Å². The highest BCUT2D eigenvalue weighted by Gasteiger charge is 2.26. The molecule has 0 atom stereocenters. The Kier molecular flexibility index (Phi) is 3.82. The Morgan fingerprint density at radius 2 is 2.04 bits per heavy atom. The minimum atomic E-state index is -0.845. The number of rotatable bonds is 2. The van der Waals surface area contributed by atoms with Crippen LogP contribution < -0.4 is 5.32 Å². The van der Waals surface area contributed by atoms with Crippen molar-refractivity contribution >= 4 is 12.0 Å². The first-order chi connectivity index (χ1) is 12.0. The lowest BCUT2D eigenvalue weighted by Crippen LogP contribution is -2.41. The minimum absolute atomic E-state index is 0.199. The van der Waals surface area contributed by atoms with E-state index in [1.807, 2.05) is 20.2 Å². The monoisotopic (exact) mass is 342 g/mol. The highest BCUT2D eigenvalue weighted by Crippen LogP contribution is 2.32. The number of hydrogen-bond donors (Lipinski definition) is 2. The van der Waals surface area contributed by atoms with Crippen molar-refractivity contribution in [3.8, 4) is 11.4 Å². The van der Waals surface area contributed by atoms with Crippen LogP contribution >= 0.6 is 0 Å². The van der Waals surface area contributed by atoms with Gasteiger partial charge in [0, 0.05) is 32.4 Å². The molecule has 3 heterocycles. The fraction of sp³-hybridized carbons (Fsp3) is 0.529. The van der Waals surface area contributed by atoms with Crippen molar-refractivity contribution in [3.63, 3.8) is 0 Å². The van der Waals surface area contributed by atoms with E-state index in [0.29, 0.717) is 19.0 Å². The normalized spacial score (nSPS) is 17.1. The molecule has 1 aliphatic heterocycles. The van der Waals surface area contributed by atoms with Crippen molar-refractivity contribution in [1.29, 1.82) is 0 Å². The zero-order chi connectivity index (χ0) is 17.6. The SMILES string of the molecule is Cc1nc2c(n1C)-c1nc(NC3CCN(C(=O)O)CC3)ncc1CC2. The van der Waals surface area contributed by atoms with Gasteiger partial charge in [0.2, 0.25) is 5.95 Å². The number of aromatic nitrogens is 4. The van der Waals surface area contributed by atoms with E-state index in [4.69, 9.17) is 10.1 Å². The van der Waals surface area contributed by atoms with Crippen molar-refractivity contribution in [1.82, 2.24) is 24.4 Å². The van der Waals surface area contributed by atoms with Gasteiger partial charge < -0.3 is 19.9 Å². The molecule has 0 bridgehead atoms. The molecule has 1 fully saturated rings. The highest BCUT2D eigenvalue weighted by molar-refractivity contribution is 5.66. The van der Waals surface area contributed by atoms with Crippen molar-refractivity contribution in [3.05, 3.63) is 23.3 Å². The van der Waals surface area contributed by atoms with Crippen LogP contribution in [0.25, 0.3) is 11.4 Å². The highest BCUT2D eigenvalue weighted by atomic mass is 16.4. The Hall–Kier alpha value is -2.64. The van der Waals surface area contributed by atoms with E-state index in [-0.39, 0.29) is 6.04 Å². The number of imidazole rings is 1. The lowest BCUT2D eigenvalue weighted by molar-refractivity contribution is 0.133. The predicted octanol–water partition coefficient (Wildman–Crippen LogP) is 1.84. The van der Waals surface area contributed by atoms with Crippen LogP contribution in [0.3, 0.4) is 0 Å². The molecule has 1 saturated heterocycles. The summed E-state index contributed by atoms with van der Waals surface area (Å²) in [5, 5.41) is 12.4. The van der Waals surface area contributed by atoms with Gasteiger partial charge in [-0.1, -0.05) is 0 Å². The number of fused-ring (bicyclic) bond motifs is 3. The molecular formula is C17H22N6O2. The second-order valence-electron chi connectivity index (χ2n) is 6.77. The third-order valence-electron chi connectivity index (χ3n) is 5.21. The molecule has 2 aromatic heterocycles. The fourth-order valence-corrected chi connectivity index (χ4v) is 3.66. The summed E-state index contributed by atoms with van der Waals surface area (Å²) in [6.07, 6.45) is 4.43. The van der Waals surface area contributed by atoms with Crippen molar-refractivity contribution in [2.24, 2.45) is 7.05 Å². The van der Waals surface area contributed by atoms with Gasteiger partial charge in [0.05, 0.1) is 17.1 Å². The van der Waals surface area contributed by atoms with E-state index < -0.39 is 6.09 Å². The molecule has 1 aliphatic carbocycles. The molecule has 0 saturated carbocycles. The lowest BCUT2D eigenvalue weighted by Gasteiger charge is -2.30. The van der Waals surface area contributed by atoms with Crippen LogP contribution in [0.1, 0.15) is 29.9 Å². The first-order valence-corrected chi connectivity index (χ1v) is 8.66. The number of amides is 1. The van der Waals surface area contributed by atoms with E-state index in [2.05, 4.69) is 19.9 Å². The second kappa shape index (κ2) is 6.02. The van der Waals surface area contributed by atoms with Crippen LogP contribution in [0.4, 0.5) is 10.7 Å². The summed E-state index contributed by atoms with van der Waals surface area (Å²) in [4.78, 5) is 26.3. The molecule has 4 rings (SSSR count). The van der Waals surface area contributed by atoms with Crippen molar-refractivity contribution in [2.45, 2.75) is 38.6 Å². The number of carbonyl (C=O) groups is 1. The third-order valence-corrected chi connectivity index (χ3v) is 5.21. The summed E-state index contributed by atoms with van der Waals surface area (Å²) in [6.45, 7) is 3.10. The number of hydrogen-bond acceptors (Lipinski definition) is 5. The topological polar surface area (TPSA) is 96.2 Å². The number of piperidine rings is 1. The average Bonchev–Trinajstić information content (AvgIpc) is 2.90. The van der Waals surface area contributed by atoms with Gasteiger partial charge in [-0.3, -0.25) is 0 Å². The molecule has 0 spiro atoms. The van der Waals surface area contributed by atoms with Gasteiger partial charge in [-0.25, -0.2) is 19.7 Å². The largest absolute Gasteiger partial charge is 0.465 e. The molecule has 132 valence electrons. The molecule has 2 N–H and O–H groups in total. The Morgan fingerprint density at radius 1 is 1.28 bits per heavy atom. The second-order valence-corrected chi connectivity index (χ2v) is 6.77. The van der Waals surface area contributed by atoms with Crippen molar-refractivity contribution < 1.29 is 9.90 Å². The molecular weight excluding hydrogens is 320 g/mol. The lowest BCUT2D eigenvalue weighted by atomic mass is 9.98. The van der Waals surface area contributed by atoms with Crippen LogP contribution in [0.5, 0.6) is 0 Å². The maximum Gasteiger partial charge on any atom is 0.407 e. The van der Waals surface area contributed by atoms with Gasteiger partial charge in [0.15, 0.2) is 0 Å². The minimum Gasteiger partial charge on any atom is -0.465 e. The molecule has 1 amide bonds. The zero-order valence-electron chi connectivity index (χ0n) is 14.5. The zero-order valence-corrected chi connectivity index (χ0v) is 14.5. The molecule has 2 aromatic rings. The van der Waals surface area contributed by atoms with E-state index in [1.54, 1.807) is 0 Å². The summed E-state index contributed by atoms with van der Waals surface area (Å²) >= 11 is 0. The predicted molar refractivity (Wildman–Crippen MR) is 92.6 cm³/mol. The van der Waals surface area contributed by atoms with Crippen LogP contribution in [-0.4, -0.2) is 54.8 Å². The van der Waals surface area contributed by atoms with Crippen LogP contribution in [0.15, 0.2) is 6.20 Å². The summed E-state index contributed by atoms with van der Waals surface area (Å²) in [5.41, 5.74) is 4.31. The third kappa shape index (κ3) is 2.81. The van der Waals surface area contributed by atoms with E-state index in [9.17, 15) is 4.79 Å². The van der Waals surface area contributed by atoms with E-state index in [0.717, 1.165) is 54.2 Å². The number of nitrogens with one attached hydrogen (secondary N) is 1. The molecule has 0 aromatic carbocycles. The first kappa shape index (κ1) is 15.9. The van der Waals surface area contributed by atoms with Crippen LogP contribution in [-0.2, 0) is 19.9 Å². The van der Waals surface area contributed by atoms with Gasteiger partial charge in [-0.05, 0) is 38.2 Å². The summed E-state index contributed by atoms with van der Waals surface area (Å²) < 4.78 is 2.09. The molecule has 0 unspecified atom stereocenters. The molecule has 8 heteroatoms. The molecule has 0 radical (unpaired) electrons. The Labute approximate surface area is 145 Å². The smallest absolute Gasteiger partial charge is 0.407 e. The maximum atomic E-state index is 11.0. The van der Waals surface area contributed by atoms with Gasteiger partial charge in [0.1, 0.15) is 5.82 Å². The Bertz CT molecular complexity index is 823. The number of carboxylic acid groups (broad SMARTS) is 1.